The van der Waals surface area contributed by atoms with Crippen molar-refractivity contribution in [2.75, 3.05) is 12.4 Å². The van der Waals surface area contributed by atoms with Crippen molar-refractivity contribution in [3.63, 3.8) is 0 Å². The number of carbonyl (C=O) groups is 1. The average Bonchev–Trinajstić information content (AvgIpc) is 3.18. The number of methoxy groups -OCH3 is 1. The third-order valence-corrected chi connectivity index (χ3v) is 4.87. The van der Waals surface area contributed by atoms with Crippen molar-refractivity contribution >= 4 is 23.2 Å². The minimum absolute atomic E-state index is 0.266. The summed E-state index contributed by atoms with van der Waals surface area (Å²) in [6.07, 6.45) is 1.76. The highest BCUT2D eigenvalue weighted by atomic mass is 35.5. The Morgan fingerprint density at radius 3 is 2.57 bits per heavy atom. The molecule has 150 valence electrons. The summed E-state index contributed by atoms with van der Waals surface area (Å²) in [5.74, 6) is 0.386. The molecule has 0 saturated heterocycles. The van der Waals surface area contributed by atoms with Gasteiger partial charge in [-0.25, -0.2) is 0 Å². The summed E-state index contributed by atoms with van der Waals surface area (Å²) in [5.41, 5.74) is 3.48. The van der Waals surface area contributed by atoms with E-state index in [0.29, 0.717) is 34.3 Å². The molecule has 0 aliphatic carbocycles. The van der Waals surface area contributed by atoms with Crippen molar-refractivity contribution in [3.8, 4) is 17.0 Å². The molecule has 0 atom stereocenters. The number of hydrogen-bond acceptors (Lipinski definition) is 3. The molecule has 1 amide bonds. The van der Waals surface area contributed by atoms with E-state index in [9.17, 15) is 4.79 Å². The van der Waals surface area contributed by atoms with E-state index in [1.54, 1.807) is 42.3 Å². The molecule has 0 aliphatic rings. The molecule has 0 aliphatic heterocycles. The lowest BCUT2D eigenvalue weighted by Crippen LogP contribution is -2.12. The summed E-state index contributed by atoms with van der Waals surface area (Å²) < 4.78 is 7.27. The molecule has 1 heterocycles. The summed E-state index contributed by atoms with van der Waals surface area (Å²) in [5, 5.41) is 8.17. The third kappa shape index (κ3) is 4.36. The first kappa shape index (κ1) is 19.7. The Hall–Kier alpha value is -3.57. The maximum Gasteiger partial charge on any atom is 0.259 e. The van der Waals surface area contributed by atoms with Gasteiger partial charge >= 0.3 is 0 Å². The normalized spacial score (nSPS) is 10.6. The van der Waals surface area contributed by atoms with Crippen LogP contribution >= 0.6 is 11.6 Å². The van der Waals surface area contributed by atoms with Crippen LogP contribution in [0.5, 0.6) is 5.75 Å². The Morgan fingerprint density at radius 2 is 1.80 bits per heavy atom. The smallest absolute Gasteiger partial charge is 0.259 e. The average molecular weight is 418 g/mol. The first-order chi connectivity index (χ1) is 14.6. The van der Waals surface area contributed by atoms with Crippen LogP contribution in [-0.4, -0.2) is 22.8 Å². The minimum Gasteiger partial charge on any atom is -0.496 e. The van der Waals surface area contributed by atoms with E-state index in [0.717, 1.165) is 11.1 Å². The molecular weight excluding hydrogens is 398 g/mol. The maximum atomic E-state index is 13.1. The van der Waals surface area contributed by atoms with Crippen molar-refractivity contribution in [1.29, 1.82) is 0 Å². The van der Waals surface area contributed by atoms with Gasteiger partial charge in [0.05, 0.1) is 19.2 Å². The van der Waals surface area contributed by atoms with E-state index in [2.05, 4.69) is 5.32 Å². The number of hydrogen-bond donors (Lipinski definition) is 1. The number of amides is 1. The molecule has 0 bridgehead atoms. The number of nitrogens with one attached hydrogen (secondary N) is 1. The van der Waals surface area contributed by atoms with Crippen molar-refractivity contribution in [1.82, 2.24) is 9.78 Å². The van der Waals surface area contributed by atoms with E-state index in [1.807, 2.05) is 54.6 Å². The summed E-state index contributed by atoms with van der Waals surface area (Å²) >= 11 is 6.05. The van der Waals surface area contributed by atoms with E-state index in [-0.39, 0.29) is 5.91 Å². The molecular formula is C24H20ClN3O2. The lowest BCUT2D eigenvalue weighted by molar-refractivity contribution is 0.102. The lowest BCUT2D eigenvalue weighted by Gasteiger charge is -2.08. The molecule has 5 nitrogen and oxygen atoms in total. The lowest BCUT2D eigenvalue weighted by atomic mass is 10.1. The van der Waals surface area contributed by atoms with Gasteiger partial charge in [0, 0.05) is 22.5 Å². The van der Waals surface area contributed by atoms with Crippen LogP contribution in [0, 0.1) is 0 Å². The molecule has 0 radical (unpaired) electrons. The van der Waals surface area contributed by atoms with E-state index >= 15 is 0 Å². The zero-order valence-electron chi connectivity index (χ0n) is 16.4. The topological polar surface area (TPSA) is 56.2 Å². The Balaban J connectivity index is 1.74. The quantitative estimate of drug-likeness (QED) is 0.450. The number of anilines is 1. The Morgan fingerprint density at radius 1 is 1.03 bits per heavy atom. The maximum absolute atomic E-state index is 13.1. The SMILES string of the molecule is COc1ccccc1-c1nn(Cc2ccccc2)cc1C(=O)Nc1cccc(Cl)c1. The van der Waals surface area contributed by atoms with Crippen LogP contribution < -0.4 is 10.1 Å². The summed E-state index contributed by atoms with van der Waals surface area (Å²) in [6, 6.07) is 24.5. The molecule has 4 rings (SSSR count). The zero-order valence-corrected chi connectivity index (χ0v) is 17.1. The van der Waals surface area contributed by atoms with Crippen LogP contribution in [0.4, 0.5) is 5.69 Å². The highest BCUT2D eigenvalue weighted by Crippen LogP contribution is 2.31. The second-order valence-corrected chi connectivity index (χ2v) is 7.18. The van der Waals surface area contributed by atoms with Gasteiger partial charge in [0.1, 0.15) is 11.4 Å². The summed E-state index contributed by atoms with van der Waals surface area (Å²) in [6.45, 7) is 0.549. The minimum atomic E-state index is -0.266. The van der Waals surface area contributed by atoms with Crippen LogP contribution in [0.15, 0.2) is 85.1 Å². The van der Waals surface area contributed by atoms with Gasteiger partial charge in [-0.05, 0) is 35.9 Å². The first-order valence-electron chi connectivity index (χ1n) is 9.46. The standard InChI is InChI=1S/C24H20ClN3O2/c1-30-22-13-6-5-12-20(22)23-21(24(29)26-19-11-7-10-18(25)14-19)16-28(27-23)15-17-8-3-2-4-9-17/h2-14,16H,15H2,1H3,(H,26,29). The Kier molecular flexibility index (Phi) is 5.82. The molecule has 6 heteroatoms. The van der Waals surface area contributed by atoms with Gasteiger partial charge in [-0.15, -0.1) is 0 Å². The fourth-order valence-electron chi connectivity index (χ4n) is 3.24. The van der Waals surface area contributed by atoms with Crippen LogP contribution in [0.3, 0.4) is 0 Å². The molecule has 3 aromatic carbocycles. The second kappa shape index (κ2) is 8.84. The first-order valence-corrected chi connectivity index (χ1v) is 9.83. The zero-order chi connectivity index (χ0) is 20.9. The van der Waals surface area contributed by atoms with E-state index < -0.39 is 0 Å². The predicted octanol–water partition coefficient (Wildman–Crippen LogP) is 5.51. The summed E-state index contributed by atoms with van der Waals surface area (Å²) in [7, 11) is 1.60. The van der Waals surface area contributed by atoms with Crippen LogP contribution in [0.1, 0.15) is 15.9 Å². The highest BCUT2D eigenvalue weighted by Gasteiger charge is 2.21. The number of halogens is 1. The second-order valence-electron chi connectivity index (χ2n) is 6.74. The molecule has 4 aromatic rings. The summed E-state index contributed by atoms with van der Waals surface area (Å²) in [4.78, 5) is 13.1. The predicted molar refractivity (Wildman–Crippen MR) is 119 cm³/mol. The fraction of sp³-hybridized carbons (Fsp3) is 0.0833. The largest absolute Gasteiger partial charge is 0.496 e. The molecule has 0 spiro atoms. The number of para-hydroxylation sites is 1. The molecule has 30 heavy (non-hydrogen) atoms. The number of benzene rings is 3. The van der Waals surface area contributed by atoms with Gasteiger partial charge < -0.3 is 10.1 Å². The van der Waals surface area contributed by atoms with E-state index in [4.69, 9.17) is 21.4 Å². The van der Waals surface area contributed by atoms with Gasteiger partial charge in [-0.3, -0.25) is 9.48 Å². The molecule has 0 saturated carbocycles. The van der Waals surface area contributed by atoms with Gasteiger partial charge in [0.25, 0.3) is 5.91 Å². The Labute approximate surface area is 179 Å². The van der Waals surface area contributed by atoms with Crippen molar-refractivity contribution in [2.24, 2.45) is 0 Å². The number of carbonyl (C=O) groups excluding carboxylic acids is 1. The Bertz CT molecular complexity index is 1170. The van der Waals surface area contributed by atoms with Gasteiger partial charge in [0.15, 0.2) is 0 Å². The van der Waals surface area contributed by atoms with Gasteiger partial charge in [0.2, 0.25) is 0 Å². The van der Waals surface area contributed by atoms with Crippen molar-refractivity contribution < 1.29 is 9.53 Å². The molecule has 0 unspecified atom stereocenters. The van der Waals surface area contributed by atoms with Crippen LogP contribution in [-0.2, 0) is 6.54 Å². The van der Waals surface area contributed by atoms with Crippen LogP contribution in [0.25, 0.3) is 11.3 Å². The fourth-order valence-corrected chi connectivity index (χ4v) is 3.43. The number of ether oxygens (including phenoxy) is 1. The van der Waals surface area contributed by atoms with Crippen molar-refractivity contribution in [2.45, 2.75) is 6.54 Å². The molecule has 1 N–H and O–H groups in total. The number of nitrogens with zero attached hydrogens (tertiary/aromatic N) is 2. The molecule has 0 fully saturated rings. The number of aromatic nitrogens is 2. The number of rotatable bonds is 6. The molecule has 1 aromatic heterocycles. The third-order valence-electron chi connectivity index (χ3n) is 4.64. The highest BCUT2D eigenvalue weighted by molar-refractivity contribution is 6.31. The van der Waals surface area contributed by atoms with Gasteiger partial charge in [-0.2, -0.15) is 5.10 Å². The van der Waals surface area contributed by atoms with Crippen LogP contribution in [0.2, 0.25) is 5.02 Å². The monoisotopic (exact) mass is 417 g/mol. The van der Waals surface area contributed by atoms with Crippen molar-refractivity contribution in [3.05, 3.63) is 101 Å². The van der Waals surface area contributed by atoms with E-state index in [1.165, 1.54) is 0 Å². The van der Waals surface area contributed by atoms with Gasteiger partial charge in [-0.1, -0.05) is 60.1 Å².